The predicted octanol–water partition coefficient (Wildman–Crippen LogP) is 6.64. The van der Waals surface area contributed by atoms with Gasteiger partial charge >= 0.3 is 0 Å². The summed E-state index contributed by atoms with van der Waals surface area (Å²) < 4.78 is 0. The Balaban J connectivity index is 1.49. The van der Waals surface area contributed by atoms with Crippen LogP contribution in [-0.2, 0) is 15.1 Å². The Hall–Kier alpha value is -3.06. The molecular formula is C27H21ClN2O2S2. The molecule has 1 saturated heterocycles. The molecule has 0 aliphatic carbocycles. The molecule has 4 nitrogen and oxygen atoms in total. The van der Waals surface area contributed by atoms with E-state index in [1.807, 2.05) is 89.6 Å². The number of carbonyl (C=O) groups is 2. The molecule has 5 rings (SSSR count). The van der Waals surface area contributed by atoms with Crippen LogP contribution < -0.4 is 10.6 Å². The van der Waals surface area contributed by atoms with E-state index in [9.17, 15) is 9.59 Å². The van der Waals surface area contributed by atoms with E-state index in [1.54, 1.807) is 17.4 Å². The fourth-order valence-electron chi connectivity index (χ4n) is 4.18. The van der Waals surface area contributed by atoms with Gasteiger partial charge < -0.3 is 10.6 Å². The standard InChI is InChI=1S/C27H21ClN2O2S2/c28-22-11-4-5-12-24(22)34-25-23(31)16-27(30-26(25)32,19-13-14-33-17-19)18-7-6-10-21(15-18)29-20-8-2-1-3-9-20/h1-15,17,25,29H,16H2,(H,30,32). The zero-order chi connectivity index (χ0) is 23.5. The third-order valence-electron chi connectivity index (χ3n) is 5.82. The fraction of sp³-hybridized carbons (Fsp3) is 0.111. The number of carbonyl (C=O) groups excluding carboxylic acids is 2. The van der Waals surface area contributed by atoms with Crippen LogP contribution in [0.4, 0.5) is 11.4 Å². The number of piperidine rings is 1. The van der Waals surface area contributed by atoms with Gasteiger partial charge in [0.2, 0.25) is 5.91 Å². The van der Waals surface area contributed by atoms with Gasteiger partial charge in [-0.25, -0.2) is 0 Å². The summed E-state index contributed by atoms with van der Waals surface area (Å²) >= 11 is 9.03. The van der Waals surface area contributed by atoms with Crippen LogP contribution in [-0.4, -0.2) is 16.9 Å². The molecule has 0 spiro atoms. The van der Waals surface area contributed by atoms with Crippen LogP contribution in [0.15, 0.2) is 101 Å². The van der Waals surface area contributed by atoms with Crippen molar-refractivity contribution in [1.29, 1.82) is 0 Å². The van der Waals surface area contributed by atoms with Gasteiger partial charge in [-0.3, -0.25) is 9.59 Å². The lowest BCUT2D eigenvalue weighted by Gasteiger charge is -2.40. The normalized spacial score (nSPS) is 20.1. The highest BCUT2D eigenvalue weighted by atomic mass is 35.5. The zero-order valence-electron chi connectivity index (χ0n) is 18.0. The van der Waals surface area contributed by atoms with E-state index < -0.39 is 10.8 Å². The maximum Gasteiger partial charge on any atom is 0.242 e. The molecule has 34 heavy (non-hydrogen) atoms. The molecule has 2 atom stereocenters. The second kappa shape index (κ2) is 9.66. The van der Waals surface area contributed by atoms with Gasteiger partial charge in [0.1, 0.15) is 5.25 Å². The minimum Gasteiger partial charge on any atom is -0.356 e. The first-order chi connectivity index (χ1) is 16.5. The summed E-state index contributed by atoms with van der Waals surface area (Å²) in [6.45, 7) is 0. The van der Waals surface area contributed by atoms with Crippen LogP contribution in [0, 0.1) is 0 Å². The van der Waals surface area contributed by atoms with E-state index >= 15 is 0 Å². The van der Waals surface area contributed by atoms with Crippen LogP contribution in [0.25, 0.3) is 0 Å². The number of nitrogens with one attached hydrogen (secondary N) is 2. The topological polar surface area (TPSA) is 58.2 Å². The average Bonchev–Trinajstić information content (AvgIpc) is 3.39. The number of amides is 1. The Morgan fingerprint density at radius 2 is 1.68 bits per heavy atom. The van der Waals surface area contributed by atoms with Gasteiger partial charge in [-0.05, 0) is 64.4 Å². The maximum atomic E-state index is 13.4. The van der Waals surface area contributed by atoms with Gasteiger partial charge in [-0.2, -0.15) is 11.3 Å². The molecule has 4 aromatic rings. The fourth-order valence-corrected chi connectivity index (χ4v) is 6.15. The molecular weight excluding hydrogens is 484 g/mol. The lowest BCUT2D eigenvalue weighted by atomic mass is 9.77. The van der Waals surface area contributed by atoms with Gasteiger partial charge in [0, 0.05) is 22.7 Å². The van der Waals surface area contributed by atoms with Crippen LogP contribution in [0.1, 0.15) is 17.5 Å². The Bertz CT molecular complexity index is 1310. The van der Waals surface area contributed by atoms with Gasteiger partial charge in [0.15, 0.2) is 5.78 Å². The number of rotatable bonds is 6. The number of thiophene rings is 1. The largest absolute Gasteiger partial charge is 0.356 e. The second-order valence-corrected chi connectivity index (χ2v) is 10.4. The summed E-state index contributed by atoms with van der Waals surface area (Å²) in [7, 11) is 0. The highest BCUT2D eigenvalue weighted by Gasteiger charge is 2.47. The molecule has 7 heteroatoms. The first kappa shape index (κ1) is 22.7. The molecule has 2 N–H and O–H groups in total. The third kappa shape index (κ3) is 4.49. The molecule has 2 unspecified atom stereocenters. The summed E-state index contributed by atoms with van der Waals surface area (Å²) in [5.41, 5.74) is 2.67. The van der Waals surface area contributed by atoms with Crippen molar-refractivity contribution >= 4 is 57.8 Å². The molecule has 1 fully saturated rings. The van der Waals surface area contributed by atoms with Gasteiger partial charge in [0.25, 0.3) is 0 Å². The van der Waals surface area contributed by atoms with E-state index in [0.29, 0.717) is 5.02 Å². The van der Waals surface area contributed by atoms with E-state index in [4.69, 9.17) is 11.6 Å². The SMILES string of the molecule is O=C1CC(c2ccsc2)(c2cccc(Nc3ccccc3)c2)NC(=O)C1Sc1ccccc1Cl. The van der Waals surface area contributed by atoms with Crippen molar-refractivity contribution < 1.29 is 9.59 Å². The van der Waals surface area contributed by atoms with E-state index in [-0.39, 0.29) is 18.1 Å². The summed E-state index contributed by atoms with van der Waals surface area (Å²) in [5, 5.41) is 10.3. The number of anilines is 2. The van der Waals surface area contributed by atoms with E-state index in [2.05, 4.69) is 10.6 Å². The maximum absolute atomic E-state index is 13.4. The lowest BCUT2D eigenvalue weighted by molar-refractivity contribution is -0.132. The number of hydrogen-bond acceptors (Lipinski definition) is 5. The van der Waals surface area contributed by atoms with Crippen molar-refractivity contribution in [3.05, 3.63) is 112 Å². The van der Waals surface area contributed by atoms with Gasteiger partial charge in [-0.1, -0.05) is 54.1 Å². The third-order valence-corrected chi connectivity index (χ3v) is 8.27. The van der Waals surface area contributed by atoms with Crippen molar-refractivity contribution in [2.75, 3.05) is 5.32 Å². The summed E-state index contributed by atoms with van der Waals surface area (Å²) in [4.78, 5) is 27.5. The molecule has 1 amide bonds. The van der Waals surface area contributed by atoms with Crippen molar-refractivity contribution in [1.82, 2.24) is 5.32 Å². The first-order valence-corrected chi connectivity index (χ1v) is 13.0. The van der Waals surface area contributed by atoms with Crippen molar-refractivity contribution in [3.8, 4) is 0 Å². The molecule has 1 aliphatic rings. The Morgan fingerprint density at radius 3 is 2.41 bits per heavy atom. The van der Waals surface area contributed by atoms with E-state index in [0.717, 1.165) is 27.4 Å². The highest BCUT2D eigenvalue weighted by Crippen LogP contribution is 2.42. The summed E-state index contributed by atoms with van der Waals surface area (Å²) in [6, 6.07) is 27.0. The Labute approximate surface area is 211 Å². The highest BCUT2D eigenvalue weighted by molar-refractivity contribution is 8.01. The molecule has 1 aliphatic heterocycles. The number of ketones is 1. The van der Waals surface area contributed by atoms with Crippen LogP contribution >= 0.6 is 34.7 Å². The van der Waals surface area contributed by atoms with Gasteiger partial charge in [-0.15, -0.1) is 11.8 Å². The Kier molecular flexibility index (Phi) is 6.46. The van der Waals surface area contributed by atoms with E-state index in [1.165, 1.54) is 11.8 Å². The van der Waals surface area contributed by atoms with Crippen LogP contribution in [0.5, 0.6) is 0 Å². The van der Waals surface area contributed by atoms with Gasteiger partial charge in [0.05, 0.1) is 10.6 Å². The molecule has 0 radical (unpaired) electrons. The Morgan fingerprint density at radius 1 is 0.912 bits per heavy atom. The minimum absolute atomic E-state index is 0.124. The smallest absolute Gasteiger partial charge is 0.242 e. The number of benzene rings is 3. The summed E-state index contributed by atoms with van der Waals surface area (Å²) in [6.07, 6.45) is 0.159. The molecule has 0 bridgehead atoms. The molecule has 2 heterocycles. The molecule has 0 saturated carbocycles. The van der Waals surface area contributed by atoms with Crippen LogP contribution in [0.3, 0.4) is 0 Å². The number of thioether (sulfide) groups is 1. The number of para-hydroxylation sites is 1. The zero-order valence-corrected chi connectivity index (χ0v) is 20.4. The molecule has 170 valence electrons. The summed E-state index contributed by atoms with van der Waals surface area (Å²) in [5.74, 6) is -0.435. The predicted molar refractivity (Wildman–Crippen MR) is 140 cm³/mol. The van der Waals surface area contributed by atoms with Crippen molar-refractivity contribution in [3.63, 3.8) is 0 Å². The average molecular weight is 505 g/mol. The second-order valence-electron chi connectivity index (χ2n) is 8.05. The van der Waals surface area contributed by atoms with Crippen molar-refractivity contribution in [2.24, 2.45) is 0 Å². The first-order valence-electron chi connectivity index (χ1n) is 10.8. The minimum atomic E-state index is -0.930. The number of halogens is 1. The monoisotopic (exact) mass is 504 g/mol. The van der Waals surface area contributed by atoms with Crippen molar-refractivity contribution in [2.45, 2.75) is 22.1 Å². The number of hydrogen-bond donors (Lipinski definition) is 2. The molecule has 1 aromatic heterocycles. The van der Waals surface area contributed by atoms with Crippen LogP contribution in [0.2, 0.25) is 5.02 Å². The molecule has 3 aromatic carbocycles. The quantitative estimate of drug-likeness (QED) is 0.289. The lowest BCUT2D eigenvalue weighted by Crippen LogP contribution is -2.57. The number of Topliss-reactive ketones (excluding diaryl/α,β-unsaturated/α-hetero) is 1.